The van der Waals surface area contributed by atoms with Crippen LogP contribution in [0.4, 0.5) is 0 Å². The van der Waals surface area contributed by atoms with E-state index in [1.807, 2.05) is 6.92 Å². The molecule has 17 heavy (non-hydrogen) atoms. The van der Waals surface area contributed by atoms with Gasteiger partial charge in [0.2, 0.25) is 5.16 Å². The van der Waals surface area contributed by atoms with Gasteiger partial charge in [-0.05, 0) is 38.8 Å². The zero-order chi connectivity index (χ0) is 12.3. The Morgan fingerprint density at radius 1 is 1.53 bits per heavy atom. The molecule has 1 saturated heterocycles. The summed E-state index contributed by atoms with van der Waals surface area (Å²) in [5, 5.41) is 4.05. The summed E-state index contributed by atoms with van der Waals surface area (Å²) in [5.74, 6) is 1.14. The van der Waals surface area contributed by atoms with Crippen molar-refractivity contribution in [2.24, 2.45) is 5.92 Å². The zero-order valence-electron chi connectivity index (χ0n) is 9.78. The Balaban J connectivity index is 2.01. The average molecular weight is 274 g/mol. The van der Waals surface area contributed by atoms with E-state index in [2.05, 4.69) is 15.3 Å². The third-order valence-corrected chi connectivity index (χ3v) is 4.70. The number of aromatic nitrogens is 2. The smallest absolute Gasteiger partial charge is 0.219 e. The fourth-order valence-corrected chi connectivity index (χ4v) is 3.31. The van der Waals surface area contributed by atoms with Gasteiger partial charge in [-0.2, -0.15) is 0 Å². The summed E-state index contributed by atoms with van der Waals surface area (Å²) in [6, 6.07) is 0. The van der Waals surface area contributed by atoms with Gasteiger partial charge >= 0.3 is 0 Å². The molecule has 1 aromatic heterocycles. The van der Waals surface area contributed by atoms with Gasteiger partial charge in [0, 0.05) is 17.5 Å². The Morgan fingerprint density at radius 2 is 2.24 bits per heavy atom. The maximum Gasteiger partial charge on any atom is 0.219 e. The maximum atomic E-state index is 12.1. The first-order valence-electron chi connectivity index (χ1n) is 5.75. The normalized spacial score (nSPS) is 19.2. The standard InChI is InChI=1S/C11H16ClN3OS/c1-8-6-14-11(15-10(8)12)17(16)7-9-2-4-13-5-3-9/h6,9,13H,2-5,7H2,1H3/t17-/m1/s1. The third-order valence-electron chi connectivity index (χ3n) is 2.94. The lowest BCUT2D eigenvalue weighted by atomic mass is 10.0. The second kappa shape index (κ2) is 5.89. The number of rotatable bonds is 3. The van der Waals surface area contributed by atoms with Gasteiger partial charge in [-0.3, -0.25) is 4.21 Å². The van der Waals surface area contributed by atoms with E-state index in [1.54, 1.807) is 6.20 Å². The summed E-state index contributed by atoms with van der Waals surface area (Å²) >= 11 is 5.91. The Hall–Kier alpha value is -0.520. The highest BCUT2D eigenvalue weighted by molar-refractivity contribution is 7.84. The summed E-state index contributed by atoms with van der Waals surface area (Å²) in [6.07, 6.45) is 3.78. The highest BCUT2D eigenvalue weighted by Crippen LogP contribution is 2.17. The summed E-state index contributed by atoms with van der Waals surface area (Å²) in [7, 11) is -1.13. The number of hydrogen-bond donors (Lipinski definition) is 1. The van der Waals surface area contributed by atoms with E-state index < -0.39 is 10.8 Å². The molecule has 1 fully saturated rings. The second-order valence-corrected chi connectivity index (χ2v) is 6.08. The highest BCUT2D eigenvalue weighted by atomic mass is 35.5. The molecule has 1 N–H and O–H groups in total. The van der Waals surface area contributed by atoms with Gasteiger partial charge in [0.25, 0.3) is 0 Å². The lowest BCUT2D eigenvalue weighted by molar-refractivity contribution is 0.405. The summed E-state index contributed by atoms with van der Waals surface area (Å²) < 4.78 is 12.1. The maximum absolute atomic E-state index is 12.1. The first-order valence-corrected chi connectivity index (χ1v) is 7.44. The van der Waals surface area contributed by atoms with E-state index in [4.69, 9.17) is 11.6 Å². The number of hydrogen-bond acceptors (Lipinski definition) is 4. The molecule has 6 heteroatoms. The first kappa shape index (κ1) is 12.9. The Morgan fingerprint density at radius 3 is 2.88 bits per heavy atom. The molecule has 0 bridgehead atoms. The quantitative estimate of drug-likeness (QED) is 0.671. The van der Waals surface area contributed by atoms with Crippen molar-refractivity contribution in [3.63, 3.8) is 0 Å². The number of halogens is 1. The van der Waals surface area contributed by atoms with E-state index in [-0.39, 0.29) is 0 Å². The minimum atomic E-state index is -1.13. The predicted molar refractivity (Wildman–Crippen MR) is 68.6 cm³/mol. The van der Waals surface area contributed by atoms with E-state index in [1.165, 1.54) is 0 Å². The van der Waals surface area contributed by atoms with Gasteiger partial charge < -0.3 is 5.32 Å². The van der Waals surface area contributed by atoms with Crippen LogP contribution in [-0.2, 0) is 10.8 Å². The van der Waals surface area contributed by atoms with Crippen molar-refractivity contribution in [3.8, 4) is 0 Å². The van der Waals surface area contributed by atoms with Crippen LogP contribution in [0.3, 0.4) is 0 Å². The molecule has 1 aromatic rings. The van der Waals surface area contributed by atoms with Crippen LogP contribution in [0.5, 0.6) is 0 Å². The lowest BCUT2D eigenvalue weighted by Gasteiger charge is -2.21. The summed E-state index contributed by atoms with van der Waals surface area (Å²) in [5.41, 5.74) is 0.814. The number of aryl methyl sites for hydroxylation is 1. The molecular formula is C11H16ClN3OS. The summed E-state index contributed by atoms with van der Waals surface area (Å²) in [4.78, 5) is 8.17. The molecule has 4 nitrogen and oxygen atoms in total. The van der Waals surface area contributed by atoms with Crippen molar-refractivity contribution >= 4 is 22.4 Å². The fraction of sp³-hybridized carbons (Fsp3) is 0.636. The zero-order valence-corrected chi connectivity index (χ0v) is 11.4. The minimum absolute atomic E-state index is 0.360. The van der Waals surface area contributed by atoms with Crippen LogP contribution in [0.1, 0.15) is 18.4 Å². The monoisotopic (exact) mass is 273 g/mol. The number of nitrogens with one attached hydrogen (secondary N) is 1. The highest BCUT2D eigenvalue weighted by Gasteiger charge is 2.18. The Labute approximate surface area is 109 Å². The molecular weight excluding hydrogens is 258 g/mol. The summed E-state index contributed by atoms with van der Waals surface area (Å²) in [6.45, 7) is 3.86. The van der Waals surface area contributed by atoms with Crippen LogP contribution >= 0.6 is 11.6 Å². The van der Waals surface area contributed by atoms with E-state index in [9.17, 15) is 4.21 Å². The number of piperidine rings is 1. The third kappa shape index (κ3) is 3.47. The van der Waals surface area contributed by atoms with Gasteiger partial charge in [0.1, 0.15) is 5.15 Å². The van der Waals surface area contributed by atoms with Crippen molar-refractivity contribution in [3.05, 3.63) is 16.9 Å². The molecule has 0 amide bonds. The molecule has 0 saturated carbocycles. The predicted octanol–water partition coefficient (Wildman–Crippen LogP) is 1.55. The van der Waals surface area contributed by atoms with Crippen LogP contribution in [-0.4, -0.2) is 33.0 Å². The molecule has 0 spiro atoms. The van der Waals surface area contributed by atoms with Crippen LogP contribution in [0.15, 0.2) is 11.4 Å². The van der Waals surface area contributed by atoms with Crippen molar-refractivity contribution in [2.45, 2.75) is 24.9 Å². The van der Waals surface area contributed by atoms with Gasteiger partial charge in [-0.15, -0.1) is 0 Å². The number of nitrogens with zero attached hydrogens (tertiary/aromatic N) is 2. The van der Waals surface area contributed by atoms with Crippen LogP contribution < -0.4 is 5.32 Å². The molecule has 1 atom stereocenters. The Kier molecular flexibility index (Phi) is 4.48. The molecule has 0 aromatic carbocycles. The molecule has 0 unspecified atom stereocenters. The van der Waals surface area contributed by atoms with E-state index >= 15 is 0 Å². The molecule has 0 aliphatic carbocycles. The minimum Gasteiger partial charge on any atom is -0.317 e. The van der Waals surface area contributed by atoms with Crippen molar-refractivity contribution in [2.75, 3.05) is 18.8 Å². The SMILES string of the molecule is Cc1cnc([S@](=O)CC2CCNCC2)nc1Cl. The van der Waals surface area contributed by atoms with E-state index in [0.717, 1.165) is 31.5 Å². The van der Waals surface area contributed by atoms with Crippen LogP contribution in [0, 0.1) is 12.8 Å². The largest absolute Gasteiger partial charge is 0.317 e. The van der Waals surface area contributed by atoms with Gasteiger partial charge in [-0.1, -0.05) is 11.6 Å². The van der Waals surface area contributed by atoms with Crippen molar-refractivity contribution in [1.82, 2.24) is 15.3 Å². The van der Waals surface area contributed by atoms with Crippen molar-refractivity contribution < 1.29 is 4.21 Å². The van der Waals surface area contributed by atoms with Crippen LogP contribution in [0.25, 0.3) is 0 Å². The molecule has 1 aliphatic heterocycles. The topological polar surface area (TPSA) is 54.9 Å². The van der Waals surface area contributed by atoms with Gasteiger partial charge in [-0.25, -0.2) is 9.97 Å². The lowest BCUT2D eigenvalue weighted by Crippen LogP contribution is -2.30. The van der Waals surface area contributed by atoms with Crippen molar-refractivity contribution in [1.29, 1.82) is 0 Å². The molecule has 1 aliphatic rings. The van der Waals surface area contributed by atoms with Gasteiger partial charge in [0.15, 0.2) is 0 Å². The Bertz CT molecular complexity index is 421. The van der Waals surface area contributed by atoms with Gasteiger partial charge in [0.05, 0.1) is 10.8 Å². The average Bonchev–Trinajstić information content (AvgIpc) is 2.34. The molecule has 2 rings (SSSR count). The second-order valence-electron chi connectivity index (χ2n) is 4.33. The molecule has 94 valence electrons. The molecule has 2 heterocycles. The molecule has 0 radical (unpaired) electrons. The fourth-order valence-electron chi connectivity index (χ4n) is 1.85. The van der Waals surface area contributed by atoms with E-state index in [0.29, 0.717) is 22.0 Å². The van der Waals surface area contributed by atoms with Crippen LogP contribution in [0.2, 0.25) is 5.15 Å². The first-order chi connectivity index (χ1) is 8.16.